The first kappa shape index (κ1) is 20.4. The molecule has 0 aliphatic heterocycles. The summed E-state index contributed by atoms with van der Waals surface area (Å²) in [6.45, 7) is 0.361. The summed E-state index contributed by atoms with van der Waals surface area (Å²) in [5, 5.41) is 4.53. The third-order valence-corrected chi connectivity index (χ3v) is 4.25. The fraction of sp³-hybridized carbons (Fsp3) is 0.0909. The first-order chi connectivity index (χ1) is 14.1. The summed E-state index contributed by atoms with van der Waals surface area (Å²) >= 11 is 5.88. The van der Waals surface area contributed by atoms with Gasteiger partial charge in [-0.3, -0.25) is 4.79 Å². The predicted molar refractivity (Wildman–Crippen MR) is 110 cm³/mol. The van der Waals surface area contributed by atoms with E-state index in [0.717, 1.165) is 5.56 Å². The minimum atomic E-state index is -0.630. The summed E-state index contributed by atoms with van der Waals surface area (Å²) in [6.07, 6.45) is 1.43. The lowest BCUT2D eigenvalue weighted by molar-refractivity contribution is 0.0951. The number of benzene rings is 3. The lowest BCUT2D eigenvalue weighted by atomic mass is 10.2. The molecule has 3 aromatic rings. The van der Waals surface area contributed by atoms with E-state index in [1.54, 1.807) is 36.4 Å². The maximum absolute atomic E-state index is 13.6. The number of amides is 1. The maximum Gasteiger partial charge on any atom is 0.274 e. The van der Waals surface area contributed by atoms with Gasteiger partial charge in [-0.05, 0) is 53.6 Å². The number of carbonyl (C=O) groups is 1. The lowest BCUT2D eigenvalue weighted by Crippen LogP contribution is -2.18. The summed E-state index contributed by atoms with van der Waals surface area (Å²) in [7, 11) is 1.53. The van der Waals surface area contributed by atoms with Gasteiger partial charge in [0.2, 0.25) is 0 Å². The van der Waals surface area contributed by atoms with Crippen molar-refractivity contribution in [1.82, 2.24) is 5.43 Å². The monoisotopic (exact) mass is 412 g/mol. The van der Waals surface area contributed by atoms with Gasteiger partial charge in [0.25, 0.3) is 5.91 Å². The molecule has 7 heteroatoms. The fourth-order valence-electron chi connectivity index (χ4n) is 2.50. The van der Waals surface area contributed by atoms with Crippen molar-refractivity contribution in [3.63, 3.8) is 0 Å². The number of methoxy groups -OCH3 is 1. The topological polar surface area (TPSA) is 59.9 Å². The Balaban J connectivity index is 1.63. The third-order valence-electron chi connectivity index (χ3n) is 3.99. The zero-order chi connectivity index (χ0) is 20.6. The summed E-state index contributed by atoms with van der Waals surface area (Å²) in [5.41, 5.74) is 3.87. The van der Waals surface area contributed by atoms with E-state index in [4.69, 9.17) is 21.1 Å². The van der Waals surface area contributed by atoms with Crippen molar-refractivity contribution < 1.29 is 18.7 Å². The first-order valence-electron chi connectivity index (χ1n) is 8.70. The number of hydrogen-bond acceptors (Lipinski definition) is 4. The van der Waals surface area contributed by atoms with Gasteiger partial charge in [-0.1, -0.05) is 35.9 Å². The Labute approximate surface area is 172 Å². The number of rotatable bonds is 7. The van der Waals surface area contributed by atoms with Crippen LogP contribution in [0.4, 0.5) is 4.39 Å². The van der Waals surface area contributed by atoms with Crippen molar-refractivity contribution in [3.8, 4) is 11.5 Å². The molecule has 0 heterocycles. The molecule has 148 valence electrons. The highest BCUT2D eigenvalue weighted by Crippen LogP contribution is 2.28. The molecule has 0 atom stereocenters. The zero-order valence-electron chi connectivity index (χ0n) is 15.6. The molecule has 0 aromatic heterocycles. The highest BCUT2D eigenvalue weighted by Gasteiger charge is 2.09. The molecule has 0 aliphatic rings. The van der Waals surface area contributed by atoms with Crippen LogP contribution >= 0.6 is 11.6 Å². The molecular weight excluding hydrogens is 395 g/mol. The predicted octanol–water partition coefficient (Wildman–Crippen LogP) is 4.83. The number of ether oxygens (including phenoxy) is 2. The van der Waals surface area contributed by atoms with Crippen LogP contribution in [0.1, 0.15) is 21.5 Å². The van der Waals surface area contributed by atoms with Crippen LogP contribution < -0.4 is 14.9 Å². The highest BCUT2D eigenvalue weighted by atomic mass is 35.5. The molecule has 29 heavy (non-hydrogen) atoms. The van der Waals surface area contributed by atoms with Crippen molar-refractivity contribution in [2.45, 2.75) is 6.61 Å². The van der Waals surface area contributed by atoms with Gasteiger partial charge in [-0.25, -0.2) is 9.82 Å². The van der Waals surface area contributed by atoms with Gasteiger partial charge >= 0.3 is 0 Å². The Kier molecular flexibility index (Phi) is 6.81. The van der Waals surface area contributed by atoms with Gasteiger partial charge in [-0.15, -0.1) is 0 Å². The quantitative estimate of drug-likeness (QED) is 0.446. The number of hydrogen-bond donors (Lipinski definition) is 1. The second-order valence-electron chi connectivity index (χ2n) is 6.00. The zero-order valence-corrected chi connectivity index (χ0v) is 16.3. The first-order valence-corrected chi connectivity index (χ1v) is 9.08. The van der Waals surface area contributed by atoms with Crippen molar-refractivity contribution in [1.29, 1.82) is 0 Å². The van der Waals surface area contributed by atoms with Crippen LogP contribution in [0.25, 0.3) is 0 Å². The van der Waals surface area contributed by atoms with E-state index < -0.39 is 11.7 Å². The minimum absolute atomic E-state index is 0.0758. The molecule has 1 N–H and O–H groups in total. The third kappa shape index (κ3) is 5.56. The Morgan fingerprint density at radius 2 is 1.86 bits per heavy atom. The van der Waals surface area contributed by atoms with E-state index in [1.165, 1.54) is 31.5 Å². The fourth-order valence-corrected chi connectivity index (χ4v) is 2.62. The smallest absolute Gasteiger partial charge is 0.274 e. The summed E-state index contributed by atoms with van der Waals surface area (Å²) in [5.74, 6) is -0.156. The minimum Gasteiger partial charge on any atom is -0.493 e. The molecule has 5 nitrogen and oxygen atoms in total. The van der Waals surface area contributed by atoms with Gasteiger partial charge in [0.1, 0.15) is 12.4 Å². The number of hydrazone groups is 1. The highest BCUT2D eigenvalue weighted by molar-refractivity contribution is 6.30. The Hall–Kier alpha value is -3.38. The van der Waals surface area contributed by atoms with Gasteiger partial charge in [0, 0.05) is 5.02 Å². The van der Waals surface area contributed by atoms with Crippen LogP contribution in [0.2, 0.25) is 5.02 Å². The SMILES string of the molecule is COc1cc(C=NNC(=O)c2ccccc2F)ccc1OCc1ccc(Cl)cc1. The molecule has 0 aliphatic carbocycles. The number of nitrogens with one attached hydrogen (secondary N) is 1. The van der Waals surface area contributed by atoms with Gasteiger partial charge < -0.3 is 9.47 Å². The Morgan fingerprint density at radius 3 is 2.59 bits per heavy atom. The molecule has 1 amide bonds. The molecule has 0 fully saturated rings. The molecule has 0 saturated carbocycles. The molecular formula is C22H18ClFN2O3. The second kappa shape index (κ2) is 9.71. The number of halogens is 2. The molecule has 0 saturated heterocycles. The Morgan fingerprint density at radius 1 is 1.10 bits per heavy atom. The molecule has 3 aromatic carbocycles. The van der Waals surface area contributed by atoms with Crippen LogP contribution in [-0.4, -0.2) is 19.2 Å². The second-order valence-corrected chi connectivity index (χ2v) is 6.44. The largest absolute Gasteiger partial charge is 0.493 e. The van der Waals surface area contributed by atoms with E-state index in [0.29, 0.717) is 28.7 Å². The van der Waals surface area contributed by atoms with E-state index in [9.17, 15) is 9.18 Å². The van der Waals surface area contributed by atoms with E-state index >= 15 is 0 Å². The van der Waals surface area contributed by atoms with E-state index in [2.05, 4.69) is 10.5 Å². The van der Waals surface area contributed by atoms with Gasteiger partial charge in [0.15, 0.2) is 11.5 Å². The molecule has 3 rings (SSSR count). The van der Waals surface area contributed by atoms with Crippen LogP contribution in [0.15, 0.2) is 71.8 Å². The molecule has 0 unspecified atom stereocenters. The van der Waals surface area contributed by atoms with Crippen LogP contribution in [0.5, 0.6) is 11.5 Å². The summed E-state index contributed by atoms with van der Waals surface area (Å²) in [6, 6.07) is 18.3. The van der Waals surface area contributed by atoms with Crippen LogP contribution in [-0.2, 0) is 6.61 Å². The standard InChI is InChI=1S/C22H18ClFN2O3/c1-28-21-12-16(13-25-26-22(27)18-4-2-3-5-19(18)24)8-11-20(21)29-14-15-6-9-17(23)10-7-15/h2-13H,14H2,1H3,(H,26,27). The summed E-state index contributed by atoms with van der Waals surface area (Å²) in [4.78, 5) is 12.0. The molecule has 0 bridgehead atoms. The normalized spacial score (nSPS) is 10.7. The van der Waals surface area contributed by atoms with E-state index in [1.807, 2.05) is 12.1 Å². The number of carbonyl (C=O) groups excluding carboxylic acids is 1. The van der Waals surface area contributed by atoms with Crippen LogP contribution in [0.3, 0.4) is 0 Å². The maximum atomic E-state index is 13.6. The van der Waals surface area contributed by atoms with Gasteiger partial charge in [0.05, 0.1) is 18.9 Å². The van der Waals surface area contributed by atoms with E-state index in [-0.39, 0.29) is 5.56 Å². The average molecular weight is 413 g/mol. The number of nitrogens with zero attached hydrogens (tertiary/aromatic N) is 1. The Bertz CT molecular complexity index is 1020. The van der Waals surface area contributed by atoms with Crippen molar-refractivity contribution in [3.05, 3.63) is 94.3 Å². The van der Waals surface area contributed by atoms with Crippen molar-refractivity contribution in [2.75, 3.05) is 7.11 Å². The average Bonchev–Trinajstić information content (AvgIpc) is 2.74. The van der Waals surface area contributed by atoms with Crippen LogP contribution in [0, 0.1) is 5.82 Å². The van der Waals surface area contributed by atoms with Crippen molar-refractivity contribution >= 4 is 23.7 Å². The van der Waals surface area contributed by atoms with Gasteiger partial charge in [-0.2, -0.15) is 5.10 Å². The molecule has 0 spiro atoms. The molecule has 0 radical (unpaired) electrons. The lowest BCUT2D eigenvalue weighted by Gasteiger charge is -2.11. The van der Waals surface area contributed by atoms with Crippen molar-refractivity contribution in [2.24, 2.45) is 5.10 Å². The summed E-state index contributed by atoms with van der Waals surface area (Å²) < 4.78 is 24.8.